The van der Waals surface area contributed by atoms with Crippen molar-refractivity contribution in [3.63, 3.8) is 0 Å². The topological polar surface area (TPSA) is 72.0 Å². The molecule has 1 N–H and O–H groups in total. The summed E-state index contributed by atoms with van der Waals surface area (Å²) in [5.41, 5.74) is 1.93. The molecule has 0 saturated carbocycles. The standard InChI is InChI=1S/C10H12N2O3/c1-2-15-10(14)9-7-4-3-6(13)5-8(7)11-12-9/h2-5H2,1H3,(H,11,12). The number of nitrogens with zero attached hydrogens (tertiary/aromatic N) is 1. The van der Waals surface area contributed by atoms with Crippen molar-refractivity contribution in [2.24, 2.45) is 0 Å². The molecule has 0 radical (unpaired) electrons. The Morgan fingerprint density at radius 3 is 3.07 bits per heavy atom. The molecule has 0 bridgehead atoms. The van der Waals surface area contributed by atoms with Crippen LogP contribution in [0.15, 0.2) is 0 Å². The molecule has 1 aliphatic carbocycles. The molecule has 1 heterocycles. The van der Waals surface area contributed by atoms with Gasteiger partial charge in [0, 0.05) is 24.1 Å². The fraction of sp³-hybridized carbons (Fsp3) is 0.500. The first kappa shape index (κ1) is 9.89. The maximum atomic E-state index is 11.5. The number of nitrogens with one attached hydrogen (secondary N) is 1. The zero-order valence-electron chi connectivity index (χ0n) is 8.50. The van der Waals surface area contributed by atoms with Crippen LogP contribution in [0.3, 0.4) is 0 Å². The summed E-state index contributed by atoms with van der Waals surface area (Å²) in [6.07, 6.45) is 1.42. The number of carbonyl (C=O) groups is 2. The number of ketones is 1. The van der Waals surface area contributed by atoms with Gasteiger partial charge in [-0.25, -0.2) is 4.79 Å². The highest BCUT2D eigenvalue weighted by Gasteiger charge is 2.25. The predicted octanol–water partition coefficient (Wildman–Crippen LogP) is 0.644. The van der Waals surface area contributed by atoms with Crippen molar-refractivity contribution in [1.29, 1.82) is 0 Å². The van der Waals surface area contributed by atoms with E-state index in [1.807, 2.05) is 0 Å². The van der Waals surface area contributed by atoms with Crippen molar-refractivity contribution in [2.45, 2.75) is 26.2 Å². The molecule has 2 rings (SSSR count). The summed E-state index contributed by atoms with van der Waals surface area (Å²) in [7, 11) is 0. The van der Waals surface area contributed by atoms with Gasteiger partial charge in [0.25, 0.3) is 0 Å². The summed E-state index contributed by atoms with van der Waals surface area (Å²) in [6.45, 7) is 2.08. The summed E-state index contributed by atoms with van der Waals surface area (Å²) in [6, 6.07) is 0. The Morgan fingerprint density at radius 1 is 1.53 bits per heavy atom. The Balaban J connectivity index is 2.28. The van der Waals surface area contributed by atoms with Crippen LogP contribution in [0.1, 0.15) is 35.1 Å². The van der Waals surface area contributed by atoms with Crippen LogP contribution in [0.5, 0.6) is 0 Å². The highest BCUT2D eigenvalue weighted by Crippen LogP contribution is 2.20. The molecule has 15 heavy (non-hydrogen) atoms. The quantitative estimate of drug-likeness (QED) is 0.724. The normalized spacial score (nSPS) is 14.9. The zero-order valence-corrected chi connectivity index (χ0v) is 8.50. The number of ether oxygens (including phenoxy) is 1. The maximum absolute atomic E-state index is 11.5. The Kier molecular flexibility index (Phi) is 2.53. The molecule has 0 amide bonds. The first-order valence-electron chi connectivity index (χ1n) is 4.97. The second kappa shape index (κ2) is 3.84. The molecule has 1 aromatic heterocycles. The smallest absolute Gasteiger partial charge is 0.359 e. The molecule has 80 valence electrons. The summed E-state index contributed by atoms with van der Waals surface area (Å²) in [5, 5.41) is 6.62. The molecule has 5 nitrogen and oxygen atoms in total. The van der Waals surface area contributed by atoms with Crippen molar-refractivity contribution >= 4 is 11.8 Å². The average Bonchev–Trinajstić information content (AvgIpc) is 2.60. The van der Waals surface area contributed by atoms with E-state index in [4.69, 9.17) is 4.74 Å². The molecule has 1 aliphatic rings. The lowest BCUT2D eigenvalue weighted by Crippen LogP contribution is -2.15. The van der Waals surface area contributed by atoms with E-state index >= 15 is 0 Å². The lowest BCUT2D eigenvalue weighted by atomic mass is 9.95. The molecule has 0 saturated heterocycles. The Labute approximate surface area is 86.8 Å². The zero-order chi connectivity index (χ0) is 10.8. The van der Waals surface area contributed by atoms with Gasteiger partial charge in [-0.3, -0.25) is 9.89 Å². The van der Waals surface area contributed by atoms with Crippen molar-refractivity contribution in [1.82, 2.24) is 10.2 Å². The van der Waals surface area contributed by atoms with Crippen LogP contribution in [0.25, 0.3) is 0 Å². The molecule has 5 heteroatoms. The van der Waals surface area contributed by atoms with Crippen LogP contribution in [-0.4, -0.2) is 28.6 Å². The summed E-state index contributed by atoms with van der Waals surface area (Å²) in [4.78, 5) is 22.6. The number of fused-ring (bicyclic) bond motifs is 1. The van der Waals surface area contributed by atoms with E-state index in [1.54, 1.807) is 6.92 Å². The van der Waals surface area contributed by atoms with Gasteiger partial charge in [0.05, 0.1) is 6.61 Å². The Bertz CT molecular complexity index is 409. The maximum Gasteiger partial charge on any atom is 0.359 e. The Hall–Kier alpha value is -1.65. The molecule has 0 atom stereocenters. The minimum atomic E-state index is -0.413. The van der Waals surface area contributed by atoms with E-state index in [1.165, 1.54) is 0 Å². The van der Waals surface area contributed by atoms with E-state index < -0.39 is 5.97 Å². The van der Waals surface area contributed by atoms with Gasteiger partial charge in [-0.2, -0.15) is 5.10 Å². The van der Waals surface area contributed by atoms with E-state index in [9.17, 15) is 9.59 Å². The fourth-order valence-electron chi connectivity index (χ4n) is 1.74. The largest absolute Gasteiger partial charge is 0.461 e. The van der Waals surface area contributed by atoms with Crippen molar-refractivity contribution < 1.29 is 14.3 Å². The number of aromatic amines is 1. The van der Waals surface area contributed by atoms with Gasteiger partial charge in [-0.1, -0.05) is 0 Å². The number of aromatic nitrogens is 2. The van der Waals surface area contributed by atoms with E-state index in [0.29, 0.717) is 31.6 Å². The highest BCUT2D eigenvalue weighted by molar-refractivity contribution is 5.91. The number of hydrogen-bond donors (Lipinski definition) is 1. The van der Waals surface area contributed by atoms with Crippen LogP contribution in [0.4, 0.5) is 0 Å². The van der Waals surface area contributed by atoms with Crippen molar-refractivity contribution in [3.05, 3.63) is 17.0 Å². The van der Waals surface area contributed by atoms with E-state index in [-0.39, 0.29) is 5.78 Å². The van der Waals surface area contributed by atoms with Gasteiger partial charge >= 0.3 is 5.97 Å². The van der Waals surface area contributed by atoms with Crippen molar-refractivity contribution in [3.8, 4) is 0 Å². The predicted molar refractivity (Wildman–Crippen MR) is 51.6 cm³/mol. The van der Waals surface area contributed by atoms with Gasteiger partial charge in [0.15, 0.2) is 5.69 Å². The van der Waals surface area contributed by atoms with Gasteiger partial charge in [-0.05, 0) is 13.3 Å². The monoisotopic (exact) mass is 208 g/mol. The first-order valence-corrected chi connectivity index (χ1v) is 4.97. The highest BCUT2D eigenvalue weighted by atomic mass is 16.5. The minimum absolute atomic E-state index is 0.182. The molecular weight excluding hydrogens is 196 g/mol. The first-order chi connectivity index (χ1) is 7.22. The van der Waals surface area contributed by atoms with Crippen LogP contribution in [-0.2, 0) is 22.4 Å². The molecule has 0 unspecified atom stereocenters. The summed E-state index contributed by atoms with van der Waals surface area (Å²) >= 11 is 0. The van der Waals surface area contributed by atoms with Crippen molar-refractivity contribution in [2.75, 3.05) is 6.61 Å². The molecule has 0 spiro atoms. The second-order valence-corrected chi connectivity index (χ2v) is 3.47. The van der Waals surface area contributed by atoms with Crippen LogP contribution in [0.2, 0.25) is 0 Å². The van der Waals surface area contributed by atoms with Gasteiger partial charge in [0.2, 0.25) is 0 Å². The average molecular weight is 208 g/mol. The second-order valence-electron chi connectivity index (χ2n) is 3.47. The third kappa shape index (κ3) is 1.77. The third-order valence-corrected chi connectivity index (χ3v) is 2.45. The van der Waals surface area contributed by atoms with Gasteiger partial charge in [-0.15, -0.1) is 0 Å². The van der Waals surface area contributed by atoms with Crippen LogP contribution in [0, 0.1) is 0 Å². The molecule has 0 aliphatic heterocycles. The Morgan fingerprint density at radius 2 is 2.33 bits per heavy atom. The lowest BCUT2D eigenvalue weighted by Gasteiger charge is -2.09. The summed E-state index contributed by atoms with van der Waals surface area (Å²) < 4.78 is 4.87. The number of hydrogen-bond acceptors (Lipinski definition) is 4. The van der Waals surface area contributed by atoms with Gasteiger partial charge in [0.1, 0.15) is 5.78 Å². The third-order valence-electron chi connectivity index (χ3n) is 2.45. The number of H-pyrrole nitrogens is 1. The van der Waals surface area contributed by atoms with Crippen LogP contribution >= 0.6 is 0 Å². The molecule has 1 aromatic rings. The van der Waals surface area contributed by atoms with Crippen LogP contribution < -0.4 is 0 Å². The number of carbonyl (C=O) groups excluding carboxylic acids is 2. The molecule has 0 aromatic carbocycles. The minimum Gasteiger partial charge on any atom is -0.461 e. The lowest BCUT2D eigenvalue weighted by molar-refractivity contribution is -0.118. The number of rotatable bonds is 2. The van der Waals surface area contributed by atoms with E-state index in [2.05, 4.69) is 10.2 Å². The van der Waals surface area contributed by atoms with E-state index in [0.717, 1.165) is 11.3 Å². The number of esters is 1. The number of Topliss-reactive ketones (excluding diaryl/α,β-unsaturated/α-hetero) is 1. The summed E-state index contributed by atoms with van der Waals surface area (Å²) in [5.74, 6) is -0.231. The molecular formula is C10H12N2O3. The SMILES string of the molecule is CCOC(=O)c1n[nH]c2c1CCC(=O)C2. The molecule has 0 fully saturated rings. The fourth-order valence-corrected chi connectivity index (χ4v) is 1.74. The van der Waals surface area contributed by atoms with Gasteiger partial charge < -0.3 is 4.74 Å².